The van der Waals surface area contributed by atoms with Crippen molar-refractivity contribution >= 4 is 10.1 Å². The second-order valence-electron chi connectivity index (χ2n) is 2.42. The first-order chi connectivity index (χ1) is 4.58. The molecule has 1 rings (SSSR count). The summed E-state index contributed by atoms with van der Waals surface area (Å²) in [7, 11) is -3.24. The third kappa shape index (κ3) is 2.64. The Morgan fingerprint density at radius 3 is 2.40 bits per heavy atom. The van der Waals surface area contributed by atoms with Crippen molar-refractivity contribution in [1.82, 2.24) is 4.90 Å². The van der Waals surface area contributed by atoms with E-state index in [2.05, 4.69) is 4.18 Å². The molecule has 0 bridgehead atoms. The fourth-order valence-corrected chi connectivity index (χ4v) is 1.02. The van der Waals surface area contributed by atoms with E-state index in [1.807, 2.05) is 4.90 Å². The van der Waals surface area contributed by atoms with E-state index in [1.54, 1.807) is 0 Å². The second-order valence-corrected chi connectivity index (χ2v) is 4.07. The minimum atomic E-state index is -3.24. The Kier molecular flexibility index (Phi) is 2.28. The van der Waals surface area contributed by atoms with E-state index >= 15 is 0 Å². The zero-order valence-electron chi connectivity index (χ0n) is 5.91. The summed E-state index contributed by atoms with van der Waals surface area (Å²) in [5.41, 5.74) is 0. The molecule has 4 nitrogen and oxygen atoms in total. The van der Waals surface area contributed by atoms with Crippen LogP contribution < -0.4 is 0 Å². The van der Waals surface area contributed by atoms with Gasteiger partial charge in [0.1, 0.15) is 6.73 Å². The summed E-state index contributed by atoms with van der Waals surface area (Å²) in [6.45, 7) is 2.13. The van der Waals surface area contributed by atoms with E-state index in [4.69, 9.17) is 0 Å². The Balaban J connectivity index is 2.16. The molecule has 0 N–H and O–H groups in total. The first kappa shape index (κ1) is 7.97. The molecule has 0 atom stereocenters. The van der Waals surface area contributed by atoms with Crippen molar-refractivity contribution in [2.45, 2.75) is 6.42 Å². The maximum absolute atomic E-state index is 10.4. The largest absolute Gasteiger partial charge is 0.280 e. The van der Waals surface area contributed by atoms with Gasteiger partial charge in [-0.05, 0) is 6.42 Å². The molecule has 0 aromatic carbocycles. The molecule has 1 fully saturated rings. The lowest BCUT2D eigenvalue weighted by Crippen LogP contribution is -2.39. The molecular formula is C5H11NO3S. The first-order valence-electron chi connectivity index (χ1n) is 3.15. The number of hydrogen-bond donors (Lipinski definition) is 0. The van der Waals surface area contributed by atoms with Crippen LogP contribution in [0.3, 0.4) is 0 Å². The standard InChI is InChI=1S/C5H11NO3S/c1-10(7,8)9-5-6-3-2-4-6/h2-5H2,1H3. The lowest BCUT2D eigenvalue weighted by Gasteiger charge is -2.29. The van der Waals surface area contributed by atoms with E-state index < -0.39 is 10.1 Å². The van der Waals surface area contributed by atoms with Gasteiger partial charge in [0, 0.05) is 13.1 Å². The first-order valence-corrected chi connectivity index (χ1v) is 4.96. The van der Waals surface area contributed by atoms with Crippen LogP contribution in [0.5, 0.6) is 0 Å². The minimum absolute atomic E-state index is 0.221. The molecule has 1 saturated heterocycles. The summed E-state index contributed by atoms with van der Waals surface area (Å²) in [4.78, 5) is 1.93. The predicted molar refractivity (Wildman–Crippen MR) is 37.0 cm³/mol. The van der Waals surface area contributed by atoms with Crippen molar-refractivity contribution in [3.63, 3.8) is 0 Å². The van der Waals surface area contributed by atoms with Crippen LogP contribution in [0.4, 0.5) is 0 Å². The van der Waals surface area contributed by atoms with Crippen LogP contribution in [0.2, 0.25) is 0 Å². The molecular weight excluding hydrogens is 154 g/mol. The van der Waals surface area contributed by atoms with Gasteiger partial charge in [-0.3, -0.25) is 9.08 Å². The molecule has 0 aromatic rings. The highest BCUT2D eigenvalue weighted by Crippen LogP contribution is 2.05. The van der Waals surface area contributed by atoms with E-state index in [1.165, 1.54) is 0 Å². The normalized spacial score (nSPS) is 20.5. The van der Waals surface area contributed by atoms with Gasteiger partial charge in [0.05, 0.1) is 6.26 Å². The molecule has 1 heterocycles. The number of hydrogen-bond acceptors (Lipinski definition) is 4. The summed E-state index contributed by atoms with van der Waals surface area (Å²) in [6.07, 6.45) is 2.21. The Hall–Kier alpha value is -0.130. The van der Waals surface area contributed by atoms with Crippen molar-refractivity contribution in [1.29, 1.82) is 0 Å². The average Bonchev–Trinajstić information content (AvgIpc) is 1.56. The molecule has 0 aliphatic carbocycles. The highest BCUT2D eigenvalue weighted by molar-refractivity contribution is 7.85. The third-order valence-electron chi connectivity index (χ3n) is 1.40. The van der Waals surface area contributed by atoms with Crippen molar-refractivity contribution in [2.75, 3.05) is 26.1 Å². The molecule has 0 spiro atoms. The van der Waals surface area contributed by atoms with Crippen molar-refractivity contribution in [3.05, 3.63) is 0 Å². The van der Waals surface area contributed by atoms with Gasteiger partial charge in [0.25, 0.3) is 10.1 Å². The number of nitrogens with zero attached hydrogens (tertiary/aromatic N) is 1. The van der Waals surface area contributed by atoms with Crippen LogP contribution in [0.1, 0.15) is 6.42 Å². The van der Waals surface area contributed by atoms with E-state index in [0.717, 1.165) is 25.8 Å². The molecule has 1 aliphatic rings. The summed E-state index contributed by atoms with van der Waals surface area (Å²) in [6, 6.07) is 0. The molecule has 0 amide bonds. The fourth-order valence-electron chi connectivity index (χ4n) is 0.681. The van der Waals surface area contributed by atoms with Gasteiger partial charge < -0.3 is 0 Å². The van der Waals surface area contributed by atoms with Crippen molar-refractivity contribution in [2.24, 2.45) is 0 Å². The lowest BCUT2D eigenvalue weighted by molar-refractivity contribution is 0.0779. The van der Waals surface area contributed by atoms with Gasteiger partial charge in [-0.15, -0.1) is 0 Å². The maximum atomic E-state index is 10.4. The van der Waals surface area contributed by atoms with Gasteiger partial charge in [0.15, 0.2) is 0 Å². The van der Waals surface area contributed by atoms with Crippen LogP contribution in [0, 0.1) is 0 Å². The third-order valence-corrected chi connectivity index (χ3v) is 1.93. The minimum Gasteiger partial charge on any atom is -0.280 e. The number of rotatable bonds is 3. The highest BCUT2D eigenvalue weighted by Gasteiger charge is 2.15. The molecule has 0 aromatic heterocycles. The highest BCUT2D eigenvalue weighted by atomic mass is 32.2. The Morgan fingerprint density at radius 2 is 2.10 bits per heavy atom. The predicted octanol–water partition coefficient (Wildman–Crippen LogP) is -0.374. The SMILES string of the molecule is CS(=O)(=O)OCN1CCC1. The molecule has 1 aliphatic heterocycles. The van der Waals surface area contributed by atoms with Gasteiger partial charge in [-0.1, -0.05) is 0 Å². The van der Waals surface area contributed by atoms with Crippen LogP contribution in [-0.2, 0) is 14.3 Å². The second kappa shape index (κ2) is 2.86. The summed E-state index contributed by atoms with van der Waals surface area (Å²) in [5, 5.41) is 0. The zero-order chi connectivity index (χ0) is 7.61. The summed E-state index contributed by atoms with van der Waals surface area (Å²) in [5.74, 6) is 0. The quantitative estimate of drug-likeness (QED) is 0.535. The zero-order valence-corrected chi connectivity index (χ0v) is 6.73. The van der Waals surface area contributed by atoms with Crippen LogP contribution in [-0.4, -0.2) is 39.4 Å². The lowest BCUT2D eigenvalue weighted by atomic mass is 10.2. The number of likely N-dealkylation sites (tertiary alicyclic amines) is 1. The van der Waals surface area contributed by atoms with Gasteiger partial charge in [-0.25, -0.2) is 0 Å². The average molecular weight is 165 g/mol. The van der Waals surface area contributed by atoms with E-state index in [9.17, 15) is 8.42 Å². The van der Waals surface area contributed by atoms with Gasteiger partial charge in [-0.2, -0.15) is 8.42 Å². The smallest absolute Gasteiger partial charge is 0.265 e. The molecule has 60 valence electrons. The van der Waals surface area contributed by atoms with Crippen molar-refractivity contribution < 1.29 is 12.6 Å². The summed E-state index contributed by atoms with van der Waals surface area (Å²) < 4.78 is 25.4. The van der Waals surface area contributed by atoms with Crippen LogP contribution >= 0.6 is 0 Å². The molecule has 5 heteroatoms. The van der Waals surface area contributed by atoms with Crippen molar-refractivity contribution in [3.8, 4) is 0 Å². The Labute approximate surface area is 60.9 Å². The van der Waals surface area contributed by atoms with E-state index in [-0.39, 0.29) is 6.73 Å². The maximum Gasteiger partial charge on any atom is 0.265 e. The monoisotopic (exact) mass is 165 g/mol. The van der Waals surface area contributed by atoms with Crippen LogP contribution in [0.25, 0.3) is 0 Å². The molecule has 0 unspecified atom stereocenters. The van der Waals surface area contributed by atoms with Gasteiger partial charge >= 0.3 is 0 Å². The Morgan fingerprint density at radius 1 is 1.50 bits per heavy atom. The fraction of sp³-hybridized carbons (Fsp3) is 1.00. The molecule has 0 saturated carbocycles. The van der Waals surface area contributed by atoms with Crippen LogP contribution in [0.15, 0.2) is 0 Å². The molecule has 10 heavy (non-hydrogen) atoms. The Bertz CT molecular complexity index is 195. The molecule has 0 radical (unpaired) electrons. The summed E-state index contributed by atoms with van der Waals surface area (Å²) >= 11 is 0. The topological polar surface area (TPSA) is 46.6 Å². The van der Waals surface area contributed by atoms with Gasteiger partial charge in [0.2, 0.25) is 0 Å². The van der Waals surface area contributed by atoms with E-state index in [0.29, 0.717) is 0 Å².